The Morgan fingerprint density at radius 3 is 2.74 bits per heavy atom. The molecule has 31 heavy (non-hydrogen) atoms. The first-order valence-electron chi connectivity index (χ1n) is 10.9. The fourth-order valence-electron chi connectivity index (χ4n) is 4.51. The highest BCUT2D eigenvalue weighted by Crippen LogP contribution is 2.42. The molecule has 0 aromatic heterocycles. The van der Waals surface area contributed by atoms with Crippen LogP contribution < -0.4 is 15.5 Å². The maximum Gasteiger partial charge on any atom is 0.220 e. The second-order valence-corrected chi connectivity index (χ2v) is 8.75. The number of fused-ring (bicyclic) bond motifs is 1. The number of carbonyl (C=O) groups excluding carboxylic acids is 1. The van der Waals surface area contributed by atoms with Crippen LogP contribution in [0.4, 0.5) is 5.69 Å². The largest absolute Gasteiger partial charge is 0.384 e. The SMILES string of the molecule is CCC(=O)NC(C1=CC(Cl)=C2C=CCNC2C1(C)O)c1ccc(N2CCOCC2)cc1. The molecule has 7 heteroatoms. The van der Waals surface area contributed by atoms with E-state index < -0.39 is 11.6 Å². The number of morpholine rings is 1. The zero-order valence-electron chi connectivity index (χ0n) is 18.0. The molecule has 1 aromatic carbocycles. The van der Waals surface area contributed by atoms with E-state index in [0.717, 1.165) is 43.1 Å². The number of benzene rings is 1. The van der Waals surface area contributed by atoms with Crippen LogP contribution in [-0.4, -0.2) is 55.5 Å². The highest BCUT2D eigenvalue weighted by molar-refractivity contribution is 6.32. The van der Waals surface area contributed by atoms with Crippen molar-refractivity contribution in [2.24, 2.45) is 0 Å². The summed E-state index contributed by atoms with van der Waals surface area (Å²) in [5, 5.41) is 18.6. The van der Waals surface area contributed by atoms with Crippen LogP contribution in [0.25, 0.3) is 0 Å². The van der Waals surface area contributed by atoms with E-state index in [1.807, 2.05) is 31.2 Å². The molecule has 1 saturated heterocycles. The molecule has 6 nitrogen and oxygen atoms in total. The predicted molar refractivity (Wildman–Crippen MR) is 123 cm³/mol. The maximum atomic E-state index is 12.4. The van der Waals surface area contributed by atoms with Gasteiger partial charge in [-0.05, 0) is 41.8 Å². The van der Waals surface area contributed by atoms with Gasteiger partial charge in [-0.15, -0.1) is 0 Å². The van der Waals surface area contributed by atoms with Crippen molar-refractivity contribution in [3.8, 4) is 0 Å². The molecule has 3 aliphatic rings. The summed E-state index contributed by atoms with van der Waals surface area (Å²) >= 11 is 6.61. The second kappa shape index (κ2) is 9.17. The van der Waals surface area contributed by atoms with Crippen LogP contribution in [0.3, 0.4) is 0 Å². The molecule has 0 bridgehead atoms. The zero-order chi connectivity index (χ0) is 22.0. The molecule has 0 radical (unpaired) electrons. The minimum absolute atomic E-state index is 0.0821. The third-order valence-electron chi connectivity index (χ3n) is 6.29. The minimum atomic E-state index is -1.22. The van der Waals surface area contributed by atoms with E-state index in [1.54, 1.807) is 13.0 Å². The molecule has 2 aliphatic heterocycles. The molecule has 0 spiro atoms. The molecule has 3 atom stereocenters. The topological polar surface area (TPSA) is 73.8 Å². The number of halogens is 1. The molecule has 0 saturated carbocycles. The lowest BCUT2D eigenvalue weighted by Gasteiger charge is -2.43. The first-order chi connectivity index (χ1) is 14.9. The number of hydrogen-bond acceptors (Lipinski definition) is 5. The number of hydrogen-bond donors (Lipinski definition) is 3. The lowest BCUT2D eigenvalue weighted by atomic mass is 9.74. The average molecular weight is 444 g/mol. The predicted octanol–water partition coefficient (Wildman–Crippen LogP) is 2.80. The quantitative estimate of drug-likeness (QED) is 0.652. The van der Waals surface area contributed by atoms with E-state index in [4.69, 9.17) is 16.3 Å². The van der Waals surface area contributed by atoms with Gasteiger partial charge in [-0.25, -0.2) is 0 Å². The maximum absolute atomic E-state index is 12.4. The molecule has 3 unspecified atom stereocenters. The standard InChI is InChI=1S/C24H30ClN3O3/c1-3-21(29)27-22(16-6-8-17(9-7-16)28-11-13-31-14-12-28)19-15-20(25)18-5-4-10-26-23(18)24(19,2)30/h4-9,15,22-23,26,30H,3,10-14H2,1-2H3,(H,27,29). The molecule has 166 valence electrons. The molecular formula is C24H30ClN3O3. The summed E-state index contributed by atoms with van der Waals surface area (Å²) in [6.07, 6.45) is 6.12. The van der Waals surface area contributed by atoms with Crippen molar-refractivity contribution in [2.75, 3.05) is 37.7 Å². The molecule has 1 amide bonds. The van der Waals surface area contributed by atoms with Crippen molar-refractivity contribution >= 4 is 23.2 Å². The summed E-state index contributed by atoms with van der Waals surface area (Å²) in [4.78, 5) is 14.7. The van der Waals surface area contributed by atoms with Crippen LogP contribution >= 0.6 is 11.6 Å². The average Bonchev–Trinajstić information content (AvgIpc) is 2.81. The number of allylic oxidation sites excluding steroid dienone is 2. The molecule has 3 N–H and O–H groups in total. The summed E-state index contributed by atoms with van der Waals surface area (Å²) in [5.74, 6) is -0.0821. The Kier molecular flexibility index (Phi) is 6.53. The lowest BCUT2D eigenvalue weighted by Crippen LogP contribution is -2.55. The Morgan fingerprint density at radius 1 is 1.35 bits per heavy atom. The fourth-order valence-corrected chi connectivity index (χ4v) is 4.80. The number of anilines is 1. The molecule has 2 heterocycles. The van der Waals surface area contributed by atoms with E-state index in [1.165, 1.54) is 0 Å². The first-order valence-corrected chi connectivity index (χ1v) is 11.3. The normalized spacial score (nSPS) is 26.9. The van der Waals surface area contributed by atoms with Crippen LogP contribution in [0, 0.1) is 0 Å². The second-order valence-electron chi connectivity index (χ2n) is 8.34. The van der Waals surface area contributed by atoms with Gasteiger partial charge in [0.1, 0.15) is 5.60 Å². The van der Waals surface area contributed by atoms with Crippen LogP contribution in [-0.2, 0) is 9.53 Å². The van der Waals surface area contributed by atoms with Gasteiger partial charge in [-0.2, -0.15) is 0 Å². The number of nitrogens with zero attached hydrogens (tertiary/aromatic N) is 1. The minimum Gasteiger partial charge on any atom is -0.384 e. The van der Waals surface area contributed by atoms with Crippen LogP contribution in [0.15, 0.2) is 58.7 Å². The van der Waals surface area contributed by atoms with E-state index in [9.17, 15) is 9.90 Å². The van der Waals surface area contributed by atoms with Crippen LogP contribution in [0.5, 0.6) is 0 Å². The van der Waals surface area contributed by atoms with E-state index in [0.29, 0.717) is 23.6 Å². The monoisotopic (exact) mass is 443 g/mol. The number of rotatable bonds is 5. The van der Waals surface area contributed by atoms with Gasteiger partial charge in [0.05, 0.1) is 25.3 Å². The lowest BCUT2D eigenvalue weighted by molar-refractivity contribution is -0.121. The number of aliphatic hydroxyl groups is 1. The Morgan fingerprint density at radius 2 is 2.06 bits per heavy atom. The fraction of sp³-hybridized carbons (Fsp3) is 0.458. The number of carbonyl (C=O) groups is 1. The third-order valence-corrected chi connectivity index (χ3v) is 6.62. The molecule has 1 aromatic rings. The van der Waals surface area contributed by atoms with Crippen molar-refractivity contribution in [1.82, 2.24) is 10.6 Å². The highest BCUT2D eigenvalue weighted by atomic mass is 35.5. The van der Waals surface area contributed by atoms with Crippen molar-refractivity contribution in [3.63, 3.8) is 0 Å². The van der Waals surface area contributed by atoms with Gasteiger partial charge in [0.25, 0.3) is 0 Å². The van der Waals surface area contributed by atoms with Gasteiger partial charge in [0, 0.05) is 36.8 Å². The molecule has 1 fully saturated rings. The molecule has 4 rings (SSSR count). The molecule has 1 aliphatic carbocycles. The Bertz CT molecular complexity index is 915. The highest BCUT2D eigenvalue weighted by Gasteiger charge is 2.44. The van der Waals surface area contributed by atoms with Gasteiger partial charge >= 0.3 is 0 Å². The van der Waals surface area contributed by atoms with E-state index in [-0.39, 0.29) is 11.9 Å². The van der Waals surface area contributed by atoms with Gasteiger partial charge in [-0.3, -0.25) is 4.79 Å². The van der Waals surface area contributed by atoms with Gasteiger partial charge < -0.3 is 25.4 Å². The third kappa shape index (κ3) is 4.44. The summed E-state index contributed by atoms with van der Waals surface area (Å²) in [6.45, 7) is 7.43. The van der Waals surface area contributed by atoms with Gasteiger partial charge in [-0.1, -0.05) is 42.8 Å². The first kappa shape index (κ1) is 22.1. The van der Waals surface area contributed by atoms with Crippen molar-refractivity contribution in [1.29, 1.82) is 0 Å². The van der Waals surface area contributed by atoms with Crippen LogP contribution in [0.1, 0.15) is 31.9 Å². The summed E-state index contributed by atoms with van der Waals surface area (Å²) < 4.78 is 5.44. The Labute approximate surface area is 188 Å². The Hall–Kier alpha value is -2.12. The van der Waals surface area contributed by atoms with E-state index in [2.05, 4.69) is 27.7 Å². The van der Waals surface area contributed by atoms with Crippen molar-refractivity contribution in [3.05, 3.63) is 64.2 Å². The van der Waals surface area contributed by atoms with Gasteiger partial charge in [0.15, 0.2) is 0 Å². The summed E-state index contributed by atoms with van der Waals surface area (Å²) in [5.41, 5.74) is 2.35. The molecular weight excluding hydrogens is 414 g/mol. The Balaban J connectivity index is 1.70. The smallest absolute Gasteiger partial charge is 0.220 e. The van der Waals surface area contributed by atoms with Gasteiger partial charge in [0.2, 0.25) is 5.91 Å². The zero-order valence-corrected chi connectivity index (χ0v) is 18.8. The van der Waals surface area contributed by atoms with Crippen LogP contribution in [0.2, 0.25) is 0 Å². The number of amides is 1. The number of ether oxygens (including phenoxy) is 1. The van der Waals surface area contributed by atoms with E-state index >= 15 is 0 Å². The summed E-state index contributed by atoms with van der Waals surface area (Å²) in [7, 11) is 0. The van der Waals surface area contributed by atoms with Crippen molar-refractivity contribution < 1.29 is 14.6 Å². The van der Waals surface area contributed by atoms with Crippen molar-refractivity contribution in [2.45, 2.75) is 38.0 Å². The number of nitrogens with one attached hydrogen (secondary N) is 2. The summed E-state index contributed by atoms with van der Waals surface area (Å²) in [6, 6.07) is 7.35.